The lowest BCUT2D eigenvalue weighted by Gasteiger charge is -2.26. The molecule has 0 aromatic heterocycles. The number of nitrogens with zero attached hydrogens (tertiary/aromatic N) is 2. The number of amides is 1. The van der Waals surface area contributed by atoms with Gasteiger partial charge in [-0.1, -0.05) is 6.42 Å². The quantitative estimate of drug-likeness (QED) is 0.413. The monoisotopic (exact) mass is 364 g/mol. The third-order valence-corrected chi connectivity index (χ3v) is 6.20. The summed E-state index contributed by atoms with van der Waals surface area (Å²) < 4.78 is 5.81. The minimum Gasteiger partial charge on any atom is -0.378 e. The lowest BCUT2D eigenvalue weighted by atomic mass is 9.95. The highest BCUT2D eigenvalue weighted by Crippen LogP contribution is 2.44. The van der Waals surface area contributed by atoms with E-state index in [-0.39, 0.29) is 12.5 Å². The van der Waals surface area contributed by atoms with Gasteiger partial charge in [-0.2, -0.15) is 0 Å². The molecule has 1 amide bonds. The van der Waals surface area contributed by atoms with Gasteiger partial charge in [0.1, 0.15) is 6.54 Å². The lowest BCUT2D eigenvalue weighted by molar-refractivity contribution is -0.127. The van der Waals surface area contributed by atoms with Crippen LogP contribution < -0.4 is 10.6 Å². The largest absolute Gasteiger partial charge is 0.378 e. The van der Waals surface area contributed by atoms with Crippen LogP contribution in [-0.2, 0) is 9.53 Å². The lowest BCUT2D eigenvalue weighted by Crippen LogP contribution is -2.46. The maximum absolute atomic E-state index is 11.9. The second-order valence-corrected chi connectivity index (χ2v) is 8.44. The Bertz CT molecular complexity index is 488. The Kier molecular flexibility index (Phi) is 7.17. The number of nitrogens with one attached hydrogen (secondary N) is 2. The van der Waals surface area contributed by atoms with Gasteiger partial charge in [0.15, 0.2) is 5.96 Å². The van der Waals surface area contributed by atoms with Crippen molar-refractivity contribution in [3.63, 3.8) is 0 Å². The first kappa shape index (κ1) is 19.5. The summed E-state index contributed by atoms with van der Waals surface area (Å²) in [6.07, 6.45) is 11.6. The summed E-state index contributed by atoms with van der Waals surface area (Å²) in [5.41, 5.74) is 0. The second-order valence-electron chi connectivity index (χ2n) is 8.44. The molecular formula is C20H36N4O2. The van der Waals surface area contributed by atoms with Crippen molar-refractivity contribution >= 4 is 11.9 Å². The number of carbonyl (C=O) groups excluding carboxylic acids is 1. The molecule has 26 heavy (non-hydrogen) atoms. The van der Waals surface area contributed by atoms with Gasteiger partial charge >= 0.3 is 0 Å². The van der Waals surface area contributed by atoms with Crippen molar-refractivity contribution in [1.29, 1.82) is 0 Å². The van der Waals surface area contributed by atoms with Crippen LogP contribution in [0.1, 0.15) is 57.8 Å². The fraction of sp³-hybridized carbons (Fsp3) is 0.900. The van der Waals surface area contributed by atoms with Crippen LogP contribution in [-0.4, -0.2) is 62.7 Å². The topological polar surface area (TPSA) is 66.0 Å². The molecule has 0 spiro atoms. The van der Waals surface area contributed by atoms with Crippen molar-refractivity contribution in [2.45, 2.75) is 69.9 Å². The standard InChI is InChI=1S/C20H36N4O2/c1-24(2)19(25)14-22-20(23-18-13-15-8-9-16(18)12-15)21-10-5-7-17-6-3-4-11-26-17/h15-18H,3-14H2,1-2H3,(H2,21,22,23). The van der Waals surface area contributed by atoms with E-state index in [0.717, 1.165) is 43.8 Å². The number of fused-ring (bicyclic) bond motifs is 2. The van der Waals surface area contributed by atoms with E-state index in [9.17, 15) is 4.79 Å². The van der Waals surface area contributed by atoms with E-state index in [1.807, 2.05) is 0 Å². The van der Waals surface area contributed by atoms with E-state index in [2.05, 4.69) is 15.6 Å². The molecule has 1 heterocycles. The molecule has 0 radical (unpaired) electrons. The molecule has 4 unspecified atom stereocenters. The fourth-order valence-corrected chi connectivity index (χ4v) is 4.61. The van der Waals surface area contributed by atoms with Gasteiger partial charge in [0.05, 0.1) is 6.10 Å². The van der Waals surface area contributed by atoms with Crippen LogP contribution in [0.5, 0.6) is 0 Å². The Balaban J connectivity index is 1.45. The molecule has 2 aliphatic carbocycles. The molecule has 0 aromatic rings. The van der Waals surface area contributed by atoms with Crippen LogP contribution in [0.4, 0.5) is 0 Å². The summed E-state index contributed by atoms with van der Waals surface area (Å²) in [6.45, 7) is 2.00. The Morgan fingerprint density at radius 2 is 2.08 bits per heavy atom. The molecule has 3 fully saturated rings. The van der Waals surface area contributed by atoms with Crippen molar-refractivity contribution in [2.24, 2.45) is 16.8 Å². The van der Waals surface area contributed by atoms with E-state index in [1.54, 1.807) is 19.0 Å². The number of hydrogen-bond acceptors (Lipinski definition) is 3. The first-order valence-electron chi connectivity index (χ1n) is 10.5. The van der Waals surface area contributed by atoms with Gasteiger partial charge in [0.2, 0.25) is 5.91 Å². The predicted molar refractivity (Wildman–Crippen MR) is 104 cm³/mol. The SMILES string of the molecule is CN(C)C(=O)CN=C(NCCCC1CCCCO1)NC1CC2CCC1C2. The van der Waals surface area contributed by atoms with Crippen molar-refractivity contribution < 1.29 is 9.53 Å². The first-order valence-corrected chi connectivity index (χ1v) is 10.5. The summed E-state index contributed by atoms with van der Waals surface area (Å²) in [6, 6.07) is 0.524. The fourth-order valence-electron chi connectivity index (χ4n) is 4.61. The smallest absolute Gasteiger partial charge is 0.243 e. The molecule has 1 saturated heterocycles. The van der Waals surface area contributed by atoms with Crippen LogP contribution in [0.15, 0.2) is 4.99 Å². The molecule has 3 rings (SSSR count). The normalized spacial score (nSPS) is 31.1. The summed E-state index contributed by atoms with van der Waals surface area (Å²) in [4.78, 5) is 18.0. The van der Waals surface area contributed by atoms with Gasteiger partial charge in [-0.25, -0.2) is 4.99 Å². The number of aliphatic imine (C=N–C) groups is 1. The summed E-state index contributed by atoms with van der Waals surface area (Å²) >= 11 is 0. The van der Waals surface area contributed by atoms with Crippen molar-refractivity contribution in [3.05, 3.63) is 0 Å². The molecular weight excluding hydrogens is 328 g/mol. The predicted octanol–water partition coefficient (Wildman–Crippen LogP) is 2.15. The maximum atomic E-state index is 11.9. The molecule has 2 bridgehead atoms. The van der Waals surface area contributed by atoms with Gasteiger partial charge in [0, 0.05) is 33.3 Å². The van der Waals surface area contributed by atoms with E-state index in [4.69, 9.17) is 4.74 Å². The first-order chi connectivity index (χ1) is 12.6. The molecule has 6 nitrogen and oxygen atoms in total. The van der Waals surface area contributed by atoms with Crippen LogP contribution in [0.2, 0.25) is 0 Å². The molecule has 3 aliphatic rings. The molecule has 6 heteroatoms. The molecule has 148 valence electrons. The Morgan fingerprint density at radius 1 is 1.19 bits per heavy atom. The zero-order valence-corrected chi connectivity index (χ0v) is 16.5. The van der Waals surface area contributed by atoms with Crippen molar-refractivity contribution in [2.75, 3.05) is 33.8 Å². The molecule has 0 aromatic carbocycles. The third-order valence-electron chi connectivity index (χ3n) is 6.20. The van der Waals surface area contributed by atoms with E-state index < -0.39 is 0 Å². The summed E-state index contributed by atoms with van der Waals surface area (Å²) in [7, 11) is 3.55. The van der Waals surface area contributed by atoms with Gasteiger partial charge < -0.3 is 20.3 Å². The minimum absolute atomic E-state index is 0.0367. The Morgan fingerprint density at radius 3 is 2.73 bits per heavy atom. The van der Waals surface area contributed by atoms with Gasteiger partial charge in [-0.05, 0) is 63.2 Å². The van der Waals surface area contributed by atoms with Crippen molar-refractivity contribution in [3.8, 4) is 0 Å². The molecule has 4 atom stereocenters. The average molecular weight is 365 g/mol. The third kappa shape index (κ3) is 5.60. The van der Waals surface area contributed by atoms with Crippen LogP contribution in [0.3, 0.4) is 0 Å². The van der Waals surface area contributed by atoms with Gasteiger partial charge in [-0.15, -0.1) is 0 Å². The highest BCUT2D eigenvalue weighted by Gasteiger charge is 2.39. The minimum atomic E-state index is 0.0367. The Labute approximate surface area is 158 Å². The molecule has 1 aliphatic heterocycles. The number of hydrogen-bond donors (Lipinski definition) is 2. The molecule has 2 N–H and O–H groups in total. The number of likely N-dealkylation sites (N-methyl/N-ethyl adjacent to an activating group) is 1. The summed E-state index contributed by atoms with van der Waals surface area (Å²) in [5, 5.41) is 7.07. The van der Waals surface area contributed by atoms with Gasteiger partial charge in [0.25, 0.3) is 0 Å². The number of ether oxygens (including phenoxy) is 1. The second kappa shape index (κ2) is 9.58. The number of guanidine groups is 1. The van der Waals surface area contributed by atoms with Crippen molar-refractivity contribution in [1.82, 2.24) is 15.5 Å². The van der Waals surface area contributed by atoms with Crippen LogP contribution in [0, 0.1) is 11.8 Å². The van der Waals surface area contributed by atoms with E-state index >= 15 is 0 Å². The highest BCUT2D eigenvalue weighted by atomic mass is 16.5. The van der Waals surface area contributed by atoms with Gasteiger partial charge in [-0.3, -0.25) is 4.79 Å². The average Bonchev–Trinajstić information content (AvgIpc) is 3.26. The zero-order valence-electron chi connectivity index (χ0n) is 16.5. The summed E-state index contributed by atoms with van der Waals surface area (Å²) in [5.74, 6) is 2.52. The number of rotatable bonds is 7. The van der Waals surface area contributed by atoms with Crippen LogP contribution >= 0.6 is 0 Å². The maximum Gasteiger partial charge on any atom is 0.243 e. The van der Waals surface area contributed by atoms with E-state index in [0.29, 0.717) is 12.1 Å². The van der Waals surface area contributed by atoms with E-state index in [1.165, 1.54) is 44.9 Å². The number of carbonyl (C=O) groups is 1. The molecule has 2 saturated carbocycles. The van der Waals surface area contributed by atoms with Crippen LogP contribution in [0.25, 0.3) is 0 Å². The zero-order chi connectivity index (χ0) is 18.4. The highest BCUT2D eigenvalue weighted by molar-refractivity contribution is 5.85. The Hall–Kier alpha value is -1.30.